The van der Waals surface area contributed by atoms with E-state index in [0.29, 0.717) is 5.56 Å². The van der Waals surface area contributed by atoms with Gasteiger partial charge in [0.15, 0.2) is 0 Å². The van der Waals surface area contributed by atoms with E-state index < -0.39 is 0 Å². The third-order valence-electron chi connectivity index (χ3n) is 3.78. The summed E-state index contributed by atoms with van der Waals surface area (Å²) in [6.45, 7) is 4.16. The van der Waals surface area contributed by atoms with Crippen molar-refractivity contribution in [3.05, 3.63) is 59.7 Å². The van der Waals surface area contributed by atoms with Gasteiger partial charge in [-0.3, -0.25) is 4.79 Å². The molecule has 2 aromatic carbocycles. The molecule has 0 saturated heterocycles. The smallest absolute Gasteiger partial charge is 0.251 e. The third-order valence-corrected chi connectivity index (χ3v) is 4.84. The second-order valence-corrected chi connectivity index (χ2v) is 6.84. The van der Waals surface area contributed by atoms with Gasteiger partial charge in [-0.25, -0.2) is 0 Å². The van der Waals surface area contributed by atoms with E-state index in [-0.39, 0.29) is 11.9 Å². The van der Waals surface area contributed by atoms with Crippen molar-refractivity contribution < 1.29 is 9.53 Å². The van der Waals surface area contributed by atoms with E-state index in [1.54, 1.807) is 18.9 Å². The van der Waals surface area contributed by atoms with Crippen LogP contribution in [0.3, 0.4) is 0 Å². The Morgan fingerprint density at radius 3 is 2.62 bits per heavy atom. The van der Waals surface area contributed by atoms with Crippen molar-refractivity contribution in [3.63, 3.8) is 0 Å². The monoisotopic (exact) mass is 343 g/mol. The Balaban J connectivity index is 2.10. The molecule has 0 spiro atoms. The molecule has 0 heterocycles. The first-order chi connectivity index (χ1) is 11.6. The normalized spacial score (nSPS) is 11.8. The lowest BCUT2D eigenvalue weighted by atomic mass is 10.1. The maximum absolute atomic E-state index is 12.4. The van der Waals surface area contributed by atoms with Gasteiger partial charge in [0.05, 0.1) is 7.11 Å². The molecule has 0 bridgehead atoms. The molecule has 3 nitrogen and oxygen atoms in total. The van der Waals surface area contributed by atoms with Crippen molar-refractivity contribution in [2.24, 2.45) is 0 Å². The Hall–Kier alpha value is -1.94. The van der Waals surface area contributed by atoms with Crippen LogP contribution in [0.4, 0.5) is 0 Å². The van der Waals surface area contributed by atoms with Crippen molar-refractivity contribution in [1.82, 2.24) is 5.32 Å². The lowest BCUT2D eigenvalue weighted by Crippen LogP contribution is -2.32. The van der Waals surface area contributed by atoms with Crippen LogP contribution in [-0.2, 0) is 5.75 Å². The zero-order chi connectivity index (χ0) is 17.4. The SMILES string of the molecule is CCC[C@@H](C)NC(=O)c1ccc(OC)c(CSc2ccccc2)c1. The molecule has 0 unspecified atom stereocenters. The van der Waals surface area contributed by atoms with Gasteiger partial charge in [-0.2, -0.15) is 0 Å². The number of benzene rings is 2. The summed E-state index contributed by atoms with van der Waals surface area (Å²) in [5.74, 6) is 1.56. The quantitative estimate of drug-likeness (QED) is 0.692. The van der Waals surface area contributed by atoms with E-state index in [1.807, 2.05) is 43.3 Å². The van der Waals surface area contributed by atoms with Crippen LogP contribution < -0.4 is 10.1 Å². The molecule has 0 aliphatic heterocycles. The zero-order valence-electron chi connectivity index (χ0n) is 14.5. The molecule has 0 saturated carbocycles. The fraction of sp³-hybridized carbons (Fsp3) is 0.350. The summed E-state index contributed by atoms with van der Waals surface area (Å²) in [7, 11) is 1.66. The number of thioether (sulfide) groups is 1. The van der Waals surface area contributed by atoms with Crippen molar-refractivity contribution in [2.75, 3.05) is 7.11 Å². The van der Waals surface area contributed by atoms with Crippen molar-refractivity contribution >= 4 is 17.7 Å². The van der Waals surface area contributed by atoms with Gasteiger partial charge in [-0.05, 0) is 43.7 Å². The molecular formula is C20H25NO2S. The summed E-state index contributed by atoms with van der Waals surface area (Å²) in [5.41, 5.74) is 1.71. The summed E-state index contributed by atoms with van der Waals surface area (Å²) < 4.78 is 5.44. The molecule has 0 aromatic heterocycles. The molecule has 0 aliphatic carbocycles. The number of methoxy groups -OCH3 is 1. The summed E-state index contributed by atoms with van der Waals surface area (Å²) in [6, 6.07) is 16.0. The number of nitrogens with one attached hydrogen (secondary N) is 1. The van der Waals surface area contributed by atoms with E-state index in [2.05, 4.69) is 24.4 Å². The van der Waals surface area contributed by atoms with Crippen LogP contribution in [0.5, 0.6) is 5.75 Å². The highest BCUT2D eigenvalue weighted by Gasteiger charge is 2.12. The number of ether oxygens (including phenoxy) is 1. The van der Waals surface area contributed by atoms with Crippen LogP contribution >= 0.6 is 11.8 Å². The first-order valence-electron chi connectivity index (χ1n) is 8.29. The molecule has 0 radical (unpaired) electrons. The number of hydrogen-bond acceptors (Lipinski definition) is 3. The second kappa shape index (κ2) is 9.38. The van der Waals surface area contributed by atoms with Gasteiger partial charge < -0.3 is 10.1 Å². The maximum Gasteiger partial charge on any atom is 0.251 e. The summed E-state index contributed by atoms with van der Waals surface area (Å²) in [4.78, 5) is 13.6. The average Bonchev–Trinajstić information content (AvgIpc) is 2.60. The standard InChI is InChI=1S/C20H25NO2S/c1-4-8-15(2)21-20(22)16-11-12-19(23-3)17(13-16)14-24-18-9-6-5-7-10-18/h5-7,9-13,15H,4,8,14H2,1-3H3,(H,21,22)/t15-/m1/s1. The highest BCUT2D eigenvalue weighted by molar-refractivity contribution is 7.98. The zero-order valence-corrected chi connectivity index (χ0v) is 15.4. The molecule has 1 atom stereocenters. The van der Waals surface area contributed by atoms with Crippen LogP contribution in [0.25, 0.3) is 0 Å². The van der Waals surface area contributed by atoms with Crippen molar-refractivity contribution in [3.8, 4) is 5.75 Å². The first-order valence-corrected chi connectivity index (χ1v) is 9.28. The van der Waals surface area contributed by atoms with Gasteiger partial charge in [-0.1, -0.05) is 31.5 Å². The number of carbonyl (C=O) groups excluding carboxylic acids is 1. The largest absolute Gasteiger partial charge is 0.496 e. The predicted octanol–water partition coefficient (Wildman–Crippen LogP) is 4.91. The molecule has 1 N–H and O–H groups in total. The van der Waals surface area contributed by atoms with Crippen LogP contribution in [0.2, 0.25) is 0 Å². The Kier molecular flexibility index (Phi) is 7.19. The third kappa shape index (κ3) is 5.31. The van der Waals surface area contributed by atoms with Crippen LogP contribution in [-0.4, -0.2) is 19.1 Å². The predicted molar refractivity (Wildman–Crippen MR) is 101 cm³/mol. The van der Waals surface area contributed by atoms with Gasteiger partial charge in [0.25, 0.3) is 5.91 Å². The maximum atomic E-state index is 12.4. The number of amides is 1. The van der Waals surface area contributed by atoms with E-state index >= 15 is 0 Å². The first kappa shape index (κ1) is 18.4. The molecule has 4 heteroatoms. The van der Waals surface area contributed by atoms with Crippen LogP contribution in [0.15, 0.2) is 53.4 Å². The fourth-order valence-corrected chi connectivity index (χ4v) is 3.42. The van der Waals surface area contributed by atoms with Gasteiger partial charge in [0.1, 0.15) is 5.75 Å². The molecule has 128 valence electrons. The second-order valence-electron chi connectivity index (χ2n) is 5.79. The Morgan fingerprint density at radius 1 is 1.21 bits per heavy atom. The number of hydrogen-bond donors (Lipinski definition) is 1. The Bertz CT molecular complexity index is 658. The fourth-order valence-electron chi connectivity index (χ4n) is 2.52. The minimum atomic E-state index is -0.0236. The summed E-state index contributed by atoms with van der Waals surface area (Å²) >= 11 is 1.73. The molecular weight excluding hydrogens is 318 g/mol. The molecule has 0 fully saturated rings. The lowest BCUT2D eigenvalue weighted by Gasteiger charge is -2.14. The molecule has 0 aliphatic rings. The van der Waals surface area contributed by atoms with Gasteiger partial charge in [0.2, 0.25) is 0 Å². The Labute approximate surface area is 148 Å². The van der Waals surface area contributed by atoms with Crippen molar-refractivity contribution in [1.29, 1.82) is 0 Å². The van der Waals surface area contributed by atoms with Crippen LogP contribution in [0.1, 0.15) is 42.6 Å². The van der Waals surface area contributed by atoms with Gasteiger partial charge in [0, 0.05) is 27.8 Å². The molecule has 1 amide bonds. The van der Waals surface area contributed by atoms with E-state index in [9.17, 15) is 4.79 Å². The minimum Gasteiger partial charge on any atom is -0.496 e. The Morgan fingerprint density at radius 2 is 1.96 bits per heavy atom. The molecule has 2 rings (SSSR count). The number of carbonyl (C=O) groups is 1. The van der Waals surface area contributed by atoms with Crippen LogP contribution in [0, 0.1) is 0 Å². The van der Waals surface area contributed by atoms with Gasteiger partial charge >= 0.3 is 0 Å². The average molecular weight is 343 g/mol. The van der Waals surface area contributed by atoms with Gasteiger partial charge in [-0.15, -0.1) is 11.8 Å². The topological polar surface area (TPSA) is 38.3 Å². The summed E-state index contributed by atoms with van der Waals surface area (Å²) in [6.07, 6.45) is 2.04. The molecule has 2 aromatic rings. The lowest BCUT2D eigenvalue weighted by molar-refractivity contribution is 0.0938. The number of rotatable bonds is 8. The molecule has 24 heavy (non-hydrogen) atoms. The van der Waals surface area contributed by atoms with E-state index in [4.69, 9.17) is 4.74 Å². The minimum absolute atomic E-state index is 0.0236. The summed E-state index contributed by atoms with van der Waals surface area (Å²) in [5, 5.41) is 3.05. The van der Waals surface area contributed by atoms with E-state index in [1.165, 1.54) is 4.90 Å². The van der Waals surface area contributed by atoms with Crippen molar-refractivity contribution in [2.45, 2.75) is 43.4 Å². The highest BCUT2D eigenvalue weighted by Crippen LogP contribution is 2.28. The highest BCUT2D eigenvalue weighted by atomic mass is 32.2. The van der Waals surface area contributed by atoms with E-state index in [0.717, 1.165) is 29.9 Å².